The molecule has 3 rings (SSSR count). The quantitative estimate of drug-likeness (QED) is 0.782. The van der Waals surface area contributed by atoms with Crippen molar-refractivity contribution in [1.82, 2.24) is 20.2 Å². The van der Waals surface area contributed by atoms with Crippen LogP contribution in [0, 0.1) is 5.82 Å². The van der Waals surface area contributed by atoms with Gasteiger partial charge in [-0.1, -0.05) is 0 Å². The van der Waals surface area contributed by atoms with Gasteiger partial charge >= 0.3 is 0 Å². The molecule has 1 aromatic carbocycles. The van der Waals surface area contributed by atoms with Crippen molar-refractivity contribution in [3.05, 3.63) is 51.1 Å². The summed E-state index contributed by atoms with van der Waals surface area (Å²) < 4.78 is 16.3. The summed E-state index contributed by atoms with van der Waals surface area (Å²) in [5.41, 5.74) is 2.21. The molecule has 0 saturated heterocycles. The fraction of sp³-hybridized carbons (Fsp3) is 0.0833. The minimum absolute atomic E-state index is 0.309. The topological polar surface area (TPSA) is 55.6 Å². The molecular weight excluding hydrogens is 345 g/mol. The number of tetrazole rings is 1. The number of hydrogen-bond acceptors (Lipinski definition) is 5. The molecule has 0 bridgehead atoms. The largest absolute Gasteiger partial charge is 0.379 e. The molecule has 0 amide bonds. The molecular formula is C12H9BrFN5S. The van der Waals surface area contributed by atoms with Crippen molar-refractivity contribution in [3.63, 3.8) is 0 Å². The molecule has 0 aliphatic heterocycles. The predicted molar refractivity (Wildman–Crippen MR) is 78.5 cm³/mol. The van der Waals surface area contributed by atoms with E-state index in [-0.39, 0.29) is 5.82 Å². The van der Waals surface area contributed by atoms with Crippen molar-refractivity contribution >= 4 is 33.0 Å². The summed E-state index contributed by atoms with van der Waals surface area (Å²) in [5.74, 6) is -0.309. The number of nitrogens with zero attached hydrogens (tertiary/aromatic N) is 4. The van der Waals surface area contributed by atoms with Gasteiger partial charge in [0.05, 0.1) is 15.2 Å². The summed E-state index contributed by atoms with van der Waals surface area (Å²) in [7, 11) is 0. The Morgan fingerprint density at radius 2 is 2.25 bits per heavy atom. The summed E-state index contributed by atoms with van der Waals surface area (Å²) in [6.07, 6.45) is 1.47. The van der Waals surface area contributed by atoms with Crippen molar-refractivity contribution < 1.29 is 4.39 Å². The molecule has 102 valence electrons. The molecule has 0 aliphatic rings. The first-order valence-electron chi connectivity index (χ1n) is 5.72. The van der Waals surface area contributed by atoms with Crippen LogP contribution in [0.25, 0.3) is 5.69 Å². The summed E-state index contributed by atoms with van der Waals surface area (Å²) in [4.78, 5) is 0. The van der Waals surface area contributed by atoms with E-state index in [9.17, 15) is 4.39 Å². The minimum atomic E-state index is -0.309. The monoisotopic (exact) mass is 353 g/mol. The van der Waals surface area contributed by atoms with Gasteiger partial charge in [0.1, 0.15) is 12.1 Å². The fourth-order valence-corrected chi connectivity index (χ4v) is 2.92. The van der Waals surface area contributed by atoms with Gasteiger partial charge in [0.15, 0.2) is 0 Å². The molecule has 20 heavy (non-hydrogen) atoms. The van der Waals surface area contributed by atoms with E-state index in [0.29, 0.717) is 17.9 Å². The van der Waals surface area contributed by atoms with Crippen LogP contribution in [-0.2, 0) is 6.54 Å². The Hall–Kier alpha value is -1.80. The van der Waals surface area contributed by atoms with Crippen molar-refractivity contribution in [2.24, 2.45) is 0 Å². The molecule has 0 fully saturated rings. The van der Waals surface area contributed by atoms with E-state index in [1.165, 1.54) is 17.1 Å². The fourth-order valence-electron chi connectivity index (χ4n) is 1.71. The van der Waals surface area contributed by atoms with Crippen LogP contribution in [0.3, 0.4) is 0 Å². The second-order valence-corrected chi connectivity index (χ2v) is 6.32. The van der Waals surface area contributed by atoms with Gasteiger partial charge in [-0.3, -0.25) is 0 Å². The average Bonchev–Trinajstić information content (AvgIpc) is 3.09. The third kappa shape index (κ3) is 2.86. The second kappa shape index (κ2) is 5.68. The molecule has 8 heteroatoms. The molecule has 2 heterocycles. The normalized spacial score (nSPS) is 10.7. The van der Waals surface area contributed by atoms with E-state index in [2.05, 4.69) is 36.8 Å². The molecule has 2 aromatic heterocycles. The van der Waals surface area contributed by atoms with Crippen molar-refractivity contribution in [1.29, 1.82) is 0 Å². The van der Waals surface area contributed by atoms with E-state index in [4.69, 9.17) is 0 Å². The standard InChI is InChI=1S/C12H9BrFN5S/c13-12-3-8(6-20-12)5-15-11-4-9(1-2-10(11)14)19-7-16-17-18-19/h1-4,6-7,15H,5H2. The van der Waals surface area contributed by atoms with Gasteiger partial charge in [0.25, 0.3) is 0 Å². The molecule has 0 spiro atoms. The lowest BCUT2D eigenvalue weighted by Gasteiger charge is -2.08. The highest BCUT2D eigenvalue weighted by molar-refractivity contribution is 9.11. The number of thiophene rings is 1. The van der Waals surface area contributed by atoms with Gasteiger partial charge in [0, 0.05) is 6.54 Å². The van der Waals surface area contributed by atoms with Gasteiger partial charge in [0.2, 0.25) is 0 Å². The lowest BCUT2D eigenvalue weighted by Crippen LogP contribution is -2.03. The first-order chi connectivity index (χ1) is 9.72. The molecule has 0 atom stereocenters. The van der Waals surface area contributed by atoms with Gasteiger partial charge in [-0.15, -0.1) is 16.4 Å². The molecule has 0 radical (unpaired) electrons. The zero-order chi connectivity index (χ0) is 13.9. The highest BCUT2D eigenvalue weighted by atomic mass is 79.9. The summed E-state index contributed by atoms with van der Waals surface area (Å²) >= 11 is 5.00. The number of rotatable bonds is 4. The Labute approximate surface area is 126 Å². The van der Waals surface area contributed by atoms with E-state index in [0.717, 1.165) is 9.35 Å². The Morgan fingerprint density at radius 3 is 2.95 bits per heavy atom. The smallest absolute Gasteiger partial charge is 0.146 e. The van der Waals surface area contributed by atoms with Crippen LogP contribution in [0.2, 0.25) is 0 Å². The van der Waals surface area contributed by atoms with Gasteiger partial charge < -0.3 is 5.32 Å². The third-order valence-corrected chi connectivity index (χ3v) is 4.22. The van der Waals surface area contributed by atoms with Crippen molar-refractivity contribution in [2.45, 2.75) is 6.54 Å². The maximum absolute atomic E-state index is 13.8. The maximum atomic E-state index is 13.8. The Morgan fingerprint density at radius 1 is 1.35 bits per heavy atom. The Balaban J connectivity index is 1.80. The number of halogens is 2. The summed E-state index contributed by atoms with van der Waals surface area (Å²) in [5, 5.41) is 16.0. The molecule has 0 aliphatic carbocycles. The van der Waals surface area contributed by atoms with Crippen LogP contribution < -0.4 is 5.32 Å². The van der Waals surface area contributed by atoms with E-state index < -0.39 is 0 Å². The zero-order valence-electron chi connectivity index (χ0n) is 10.1. The number of hydrogen-bond donors (Lipinski definition) is 1. The van der Waals surface area contributed by atoms with Crippen LogP contribution in [0.4, 0.5) is 10.1 Å². The molecule has 0 saturated carbocycles. The SMILES string of the molecule is Fc1ccc(-n2cnnn2)cc1NCc1csc(Br)c1. The number of aromatic nitrogens is 4. The minimum Gasteiger partial charge on any atom is -0.379 e. The Bertz CT molecular complexity index is 712. The van der Waals surface area contributed by atoms with Crippen molar-refractivity contribution in [3.8, 4) is 5.69 Å². The first kappa shape index (κ1) is 13.2. The van der Waals surface area contributed by atoms with Gasteiger partial charge in [-0.2, -0.15) is 0 Å². The third-order valence-electron chi connectivity index (χ3n) is 2.67. The summed E-state index contributed by atoms with van der Waals surface area (Å²) in [6, 6.07) is 6.69. The van der Waals surface area contributed by atoms with E-state index in [1.54, 1.807) is 23.5 Å². The van der Waals surface area contributed by atoms with Crippen LogP contribution >= 0.6 is 27.3 Å². The number of anilines is 1. The molecule has 5 nitrogen and oxygen atoms in total. The van der Waals surface area contributed by atoms with E-state index >= 15 is 0 Å². The van der Waals surface area contributed by atoms with Crippen LogP contribution in [-0.4, -0.2) is 20.2 Å². The predicted octanol–water partition coefficient (Wildman–Crippen LogP) is 3.24. The van der Waals surface area contributed by atoms with Crippen molar-refractivity contribution in [2.75, 3.05) is 5.32 Å². The lowest BCUT2D eigenvalue weighted by molar-refractivity contribution is 0.629. The molecule has 1 N–H and O–H groups in total. The first-order valence-corrected chi connectivity index (χ1v) is 7.39. The molecule has 0 unspecified atom stereocenters. The zero-order valence-corrected chi connectivity index (χ0v) is 12.5. The molecule has 3 aromatic rings. The van der Waals surface area contributed by atoms with E-state index in [1.807, 2.05) is 11.4 Å². The maximum Gasteiger partial charge on any atom is 0.146 e. The Kier molecular flexibility index (Phi) is 3.75. The van der Waals surface area contributed by atoms with Gasteiger partial charge in [-0.05, 0) is 61.6 Å². The van der Waals surface area contributed by atoms with Gasteiger partial charge in [-0.25, -0.2) is 9.07 Å². The lowest BCUT2D eigenvalue weighted by atomic mass is 10.2. The average molecular weight is 354 g/mol. The highest BCUT2D eigenvalue weighted by Crippen LogP contribution is 2.23. The van der Waals surface area contributed by atoms with Crippen LogP contribution in [0.15, 0.2) is 39.8 Å². The van der Waals surface area contributed by atoms with Crippen LogP contribution in [0.1, 0.15) is 5.56 Å². The second-order valence-electron chi connectivity index (χ2n) is 4.03. The number of benzene rings is 1. The van der Waals surface area contributed by atoms with Crippen LogP contribution in [0.5, 0.6) is 0 Å². The highest BCUT2D eigenvalue weighted by Gasteiger charge is 2.06. The number of nitrogens with one attached hydrogen (secondary N) is 1. The summed E-state index contributed by atoms with van der Waals surface area (Å²) in [6.45, 7) is 0.554.